The molecule has 1 fully saturated rings. The molecule has 1 heterocycles. The zero-order valence-corrected chi connectivity index (χ0v) is 37.3. The third-order valence-electron chi connectivity index (χ3n) is 9.77. The Morgan fingerprint density at radius 1 is 0.583 bits per heavy atom. The highest BCUT2D eigenvalue weighted by atomic mass is 32.2. The van der Waals surface area contributed by atoms with Gasteiger partial charge in [-0.05, 0) is 77.0 Å². The summed E-state index contributed by atoms with van der Waals surface area (Å²) in [6.45, 7) is 3.57. The van der Waals surface area contributed by atoms with E-state index in [1.165, 1.54) is 57.8 Å². The number of hydrogen-bond acceptors (Lipinski definition) is 11. The Hall–Kier alpha value is -2.91. The fourth-order valence-corrected chi connectivity index (χ4v) is 6.98. The van der Waals surface area contributed by atoms with Gasteiger partial charge in [-0.3, -0.25) is 14.1 Å². The Labute approximate surface area is 361 Å². The van der Waals surface area contributed by atoms with Gasteiger partial charge in [0, 0.05) is 12.8 Å². The van der Waals surface area contributed by atoms with Gasteiger partial charge in [-0.1, -0.05) is 138 Å². The van der Waals surface area contributed by atoms with E-state index in [9.17, 15) is 37.9 Å². The zero-order valence-electron chi connectivity index (χ0n) is 36.5. The number of aliphatic hydroxyl groups excluding tert-OH is 3. The molecule has 0 radical (unpaired) electrons. The minimum atomic E-state index is -4.61. The molecule has 0 aromatic rings. The summed E-state index contributed by atoms with van der Waals surface area (Å²) in [5.74, 6) is -2.10. The molecule has 12 nitrogen and oxygen atoms in total. The van der Waals surface area contributed by atoms with Gasteiger partial charge in [-0.15, -0.1) is 0 Å². The quantitative estimate of drug-likeness (QED) is 0.0203. The van der Waals surface area contributed by atoms with Crippen molar-refractivity contribution in [3.05, 3.63) is 72.9 Å². The number of carbonyl (C=O) groups excluding carboxylic acids is 2. The van der Waals surface area contributed by atoms with Gasteiger partial charge in [0.2, 0.25) is 0 Å². The monoisotopic (exact) mass is 867 g/mol. The van der Waals surface area contributed by atoms with Crippen molar-refractivity contribution in [1.29, 1.82) is 0 Å². The summed E-state index contributed by atoms with van der Waals surface area (Å²) >= 11 is 0. The number of ether oxygens (including phenoxy) is 4. The molecule has 1 rings (SSSR count). The highest BCUT2D eigenvalue weighted by Crippen LogP contribution is 2.24. The average molecular weight is 867 g/mol. The molecule has 1 saturated heterocycles. The molecule has 0 saturated carbocycles. The van der Waals surface area contributed by atoms with E-state index >= 15 is 0 Å². The lowest BCUT2D eigenvalue weighted by Gasteiger charge is -2.40. The molecular formula is C47H78O12S. The molecule has 4 N–H and O–H groups in total. The van der Waals surface area contributed by atoms with E-state index in [0.29, 0.717) is 19.3 Å². The first-order valence-corrected chi connectivity index (χ1v) is 24.1. The fraction of sp³-hybridized carbons (Fsp3) is 0.702. The molecule has 344 valence electrons. The second kappa shape index (κ2) is 36.7. The molecule has 0 aromatic heterocycles. The number of rotatable bonds is 36. The lowest BCUT2D eigenvalue weighted by Crippen LogP contribution is -2.60. The smallest absolute Gasteiger partial charge is 0.306 e. The average Bonchev–Trinajstić information content (AvgIpc) is 3.21. The Morgan fingerprint density at radius 3 is 1.63 bits per heavy atom. The van der Waals surface area contributed by atoms with Gasteiger partial charge in [-0.2, -0.15) is 8.42 Å². The van der Waals surface area contributed by atoms with Crippen LogP contribution in [0.3, 0.4) is 0 Å². The summed E-state index contributed by atoms with van der Waals surface area (Å²) in [5, 5.41) is 30.9. The maximum Gasteiger partial charge on any atom is 0.306 e. The van der Waals surface area contributed by atoms with E-state index in [1.807, 2.05) is 12.2 Å². The maximum absolute atomic E-state index is 12.8. The van der Waals surface area contributed by atoms with Crippen molar-refractivity contribution in [2.75, 3.05) is 19.0 Å². The number of unbranched alkanes of at least 4 members (excludes halogenated alkanes) is 12. The summed E-state index contributed by atoms with van der Waals surface area (Å²) < 4.78 is 54.0. The van der Waals surface area contributed by atoms with E-state index in [4.69, 9.17) is 18.9 Å². The standard InChI is InChI=1S/C47H78O12S/c1-3-5-7-9-11-13-15-17-19-20-22-23-25-27-29-31-33-35-42(48)56-37-40(38-57-47-46(52)45(51)44(50)41(59-47)39-60(53,54)55)58-43(49)36-34-32-30-28-26-24-21-18-16-14-12-10-8-6-4-2/h5,7,11,13,17,19,22-23,26-29,40-41,44-47,50-52H,3-4,6,8-10,12,14-16,18,20-21,24-25,30-39H2,1-2H3,(H,53,54,55)/b7-5+,13-11+,19-17+,23-22+,28-26+,29-27+/t40-,41-,44-,45?,46?,47+/m1/s1. The molecule has 0 bridgehead atoms. The minimum Gasteiger partial charge on any atom is -0.462 e. The maximum atomic E-state index is 12.8. The van der Waals surface area contributed by atoms with E-state index in [0.717, 1.165) is 51.4 Å². The van der Waals surface area contributed by atoms with Crippen molar-refractivity contribution in [2.24, 2.45) is 0 Å². The second-order valence-electron chi connectivity index (χ2n) is 15.3. The molecule has 1 aliphatic heterocycles. The normalized spacial score (nSPS) is 20.8. The van der Waals surface area contributed by atoms with Crippen molar-refractivity contribution >= 4 is 22.1 Å². The zero-order chi connectivity index (χ0) is 44.1. The Kier molecular flexibility index (Phi) is 33.7. The third kappa shape index (κ3) is 31.0. The van der Waals surface area contributed by atoms with E-state index in [1.54, 1.807) is 0 Å². The third-order valence-corrected chi connectivity index (χ3v) is 10.5. The fourth-order valence-electron chi connectivity index (χ4n) is 6.29. The molecule has 0 amide bonds. The molecular weight excluding hydrogens is 789 g/mol. The summed E-state index contributed by atoms with van der Waals surface area (Å²) in [6.07, 6.45) is 36.7. The van der Waals surface area contributed by atoms with Crippen LogP contribution in [0.25, 0.3) is 0 Å². The van der Waals surface area contributed by atoms with Crippen molar-refractivity contribution in [3.63, 3.8) is 0 Å². The molecule has 0 aliphatic carbocycles. The van der Waals surface area contributed by atoms with Crippen molar-refractivity contribution in [3.8, 4) is 0 Å². The first-order valence-electron chi connectivity index (χ1n) is 22.5. The first-order chi connectivity index (χ1) is 29.0. The summed E-state index contributed by atoms with van der Waals surface area (Å²) in [6, 6.07) is 0. The largest absolute Gasteiger partial charge is 0.462 e. The molecule has 1 aliphatic rings. The van der Waals surface area contributed by atoms with Crippen LogP contribution in [0.15, 0.2) is 72.9 Å². The van der Waals surface area contributed by atoms with Gasteiger partial charge in [0.15, 0.2) is 12.4 Å². The van der Waals surface area contributed by atoms with Gasteiger partial charge in [-0.25, -0.2) is 0 Å². The SMILES string of the molecule is CC/C=C/C/C=C/C/C=C/C/C=C/C/C=C/CCCC(=O)OC[C@H](CO[C@H]1O[C@H](CS(=O)(=O)O)[C@@H](O)C(O)C1O)OC(=O)CCCC/C=C/CCCCCCCCCCC. The van der Waals surface area contributed by atoms with E-state index in [-0.39, 0.29) is 19.4 Å². The predicted octanol–water partition coefficient (Wildman–Crippen LogP) is 9.11. The van der Waals surface area contributed by atoms with E-state index in [2.05, 4.69) is 74.6 Å². The molecule has 60 heavy (non-hydrogen) atoms. The first kappa shape index (κ1) is 55.1. The summed E-state index contributed by atoms with van der Waals surface area (Å²) in [4.78, 5) is 25.4. The Bertz CT molecular complexity index is 1390. The van der Waals surface area contributed by atoms with Crippen LogP contribution < -0.4 is 0 Å². The molecule has 13 heteroatoms. The summed E-state index contributed by atoms with van der Waals surface area (Å²) in [5.41, 5.74) is 0. The van der Waals surface area contributed by atoms with Crippen LogP contribution in [0.5, 0.6) is 0 Å². The highest BCUT2D eigenvalue weighted by Gasteiger charge is 2.46. The van der Waals surface area contributed by atoms with Crippen molar-refractivity contribution in [1.82, 2.24) is 0 Å². The predicted molar refractivity (Wildman–Crippen MR) is 238 cm³/mol. The second-order valence-corrected chi connectivity index (χ2v) is 16.8. The molecule has 0 aromatic carbocycles. The van der Waals surface area contributed by atoms with Crippen molar-refractivity contribution < 1.29 is 56.8 Å². The van der Waals surface area contributed by atoms with Crippen LogP contribution in [0.2, 0.25) is 0 Å². The Balaban J connectivity index is 2.51. The van der Waals surface area contributed by atoms with Gasteiger partial charge in [0.05, 0.1) is 6.61 Å². The van der Waals surface area contributed by atoms with Gasteiger partial charge >= 0.3 is 11.9 Å². The number of allylic oxidation sites excluding steroid dienone is 12. The van der Waals surface area contributed by atoms with Crippen LogP contribution >= 0.6 is 0 Å². The number of carbonyl (C=O) groups is 2. The van der Waals surface area contributed by atoms with Crippen LogP contribution in [0, 0.1) is 0 Å². The Morgan fingerprint density at radius 2 is 1.07 bits per heavy atom. The van der Waals surface area contributed by atoms with Crippen LogP contribution in [0.4, 0.5) is 0 Å². The van der Waals surface area contributed by atoms with Crippen LogP contribution in [-0.4, -0.2) is 96.0 Å². The van der Waals surface area contributed by atoms with Gasteiger partial charge < -0.3 is 34.3 Å². The topological polar surface area (TPSA) is 186 Å². The number of esters is 2. The van der Waals surface area contributed by atoms with Crippen molar-refractivity contribution in [2.45, 2.75) is 192 Å². The van der Waals surface area contributed by atoms with Crippen LogP contribution in [-0.2, 0) is 38.7 Å². The lowest BCUT2D eigenvalue weighted by atomic mass is 10.00. The summed E-state index contributed by atoms with van der Waals surface area (Å²) in [7, 11) is -4.61. The number of hydrogen-bond donors (Lipinski definition) is 4. The minimum absolute atomic E-state index is 0.119. The van der Waals surface area contributed by atoms with Gasteiger partial charge in [0.25, 0.3) is 10.1 Å². The molecule has 6 atom stereocenters. The highest BCUT2D eigenvalue weighted by molar-refractivity contribution is 7.85. The van der Waals surface area contributed by atoms with Gasteiger partial charge in [0.1, 0.15) is 36.8 Å². The lowest BCUT2D eigenvalue weighted by molar-refractivity contribution is -0.297. The van der Waals surface area contributed by atoms with Crippen LogP contribution in [0.1, 0.15) is 155 Å². The molecule has 0 spiro atoms. The van der Waals surface area contributed by atoms with E-state index < -0.39 is 71.2 Å². The number of aliphatic hydroxyl groups is 3. The molecule has 2 unspecified atom stereocenters.